The highest BCUT2D eigenvalue weighted by Gasteiger charge is 2.28. The van der Waals surface area contributed by atoms with Gasteiger partial charge in [0.15, 0.2) is 11.5 Å². The monoisotopic (exact) mass is 347 g/mol. The summed E-state index contributed by atoms with van der Waals surface area (Å²) in [5, 5.41) is 0.434. The molecule has 1 aromatic carbocycles. The molecule has 24 heavy (non-hydrogen) atoms. The van der Waals surface area contributed by atoms with E-state index in [9.17, 15) is 4.79 Å². The number of ether oxygens (including phenoxy) is 2. The Morgan fingerprint density at radius 2 is 1.88 bits per heavy atom. The van der Waals surface area contributed by atoms with Crippen molar-refractivity contribution >= 4 is 17.7 Å². The molecule has 1 aromatic rings. The van der Waals surface area contributed by atoms with Crippen molar-refractivity contribution < 1.29 is 14.3 Å². The number of carbonyl (C=O) groups is 1. The number of hydrogen-bond donors (Lipinski definition) is 0. The van der Waals surface area contributed by atoms with Crippen LogP contribution in [0.3, 0.4) is 0 Å². The average molecular weight is 347 g/mol. The zero-order valence-corrected chi connectivity index (χ0v) is 14.9. The Morgan fingerprint density at radius 1 is 1.04 bits per heavy atom. The third-order valence-electron chi connectivity index (χ3n) is 5.38. The van der Waals surface area contributed by atoms with Gasteiger partial charge in [0.25, 0.3) is 0 Å². The Hall–Kier alpha value is -1.36. The quantitative estimate of drug-likeness (QED) is 0.810. The van der Waals surface area contributed by atoms with E-state index < -0.39 is 0 Å². The van der Waals surface area contributed by atoms with Crippen molar-refractivity contribution in [2.45, 2.75) is 43.8 Å². The minimum Gasteiger partial charge on any atom is -0.454 e. The Bertz CT molecular complexity index is 600. The summed E-state index contributed by atoms with van der Waals surface area (Å²) in [5.41, 5.74) is 1.29. The second-order valence-electron chi connectivity index (χ2n) is 6.92. The summed E-state index contributed by atoms with van der Waals surface area (Å²) in [4.78, 5) is 14.9. The molecule has 0 N–H and O–H groups in total. The van der Waals surface area contributed by atoms with Crippen LogP contribution < -0.4 is 9.47 Å². The summed E-state index contributed by atoms with van der Waals surface area (Å²) >= 11 is 1.96. The summed E-state index contributed by atoms with van der Waals surface area (Å²) in [5.74, 6) is 3.39. The predicted octanol–water partition coefficient (Wildman–Crippen LogP) is 4.00. The van der Waals surface area contributed by atoms with Crippen LogP contribution in [0.5, 0.6) is 11.5 Å². The molecule has 0 bridgehead atoms. The van der Waals surface area contributed by atoms with Gasteiger partial charge in [0, 0.05) is 30.0 Å². The molecule has 130 valence electrons. The average Bonchev–Trinajstić information content (AvgIpc) is 2.96. The molecule has 2 heterocycles. The number of benzene rings is 1. The van der Waals surface area contributed by atoms with Crippen LogP contribution in [0.25, 0.3) is 0 Å². The molecular weight excluding hydrogens is 322 g/mol. The predicted molar refractivity (Wildman–Crippen MR) is 95.5 cm³/mol. The van der Waals surface area contributed by atoms with Crippen molar-refractivity contribution in [1.29, 1.82) is 0 Å². The highest BCUT2D eigenvalue weighted by Crippen LogP contribution is 2.40. The van der Waals surface area contributed by atoms with E-state index in [0.29, 0.717) is 18.0 Å². The van der Waals surface area contributed by atoms with Gasteiger partial charge in [0.1, 0.15) is 0 Å². The number of thioether (sulfide) groups is 1. The van der Waals surface area contributed by atoms with Crippen LogP contribution in [0.15, 0.2) is 18.2 Å². The van der Waals surface area contributed by atoms with Crippen LogP contribution in [0.2, 0.25) is 0 Å². The van der Waals surface area contributed by atoms with Crippen molar-refractivity contribution in [2.75, 3.05) is 25.6 Å². The summed E-state index contributed by atoms with van der Waals surface area (Å²) in [7, 11) is 0. The van der Waals surface area contributed by atoms with E-state index in [1.165, 1.54) is 24.8 Å². The van der Waals surface area contributed by atoms with E-state index >= 15 is 0 Å². The molecule has 0 spiro atoms. The Labute approximate surface area is 147 Å². The van der Waals surface area contributed by atoms with Gasteiger partial charge in [-0.2, -0.15) is 11.8 Å². The highest BCUT2D eigenvalue weighted by atomic mass is 32.2. The zero-order valence-electron chi connectivity index (χ0n) is 14.0. The maximum atomic E-state index is 12.8. The van der Waals surface area contributed by atoms with E-state index in [0.717, 1.165) is 49.6 Å². The van der Waals surface area contributed by atoms with E-state index in [1.54, 1.807) is 0 Å². The fourth-order valence-corrected chi connectivity index (χ4v) is 5.20. The Kier molecular flexibility index (Phi) is 4.88. The molecule has 1 amide bonds. The fourth-order valence-electron chi connectivity index (χ4n) is 3.98. The van der Waals surface area contributed by atoms with Crippen LogP contribution in [0, 0.1) is 5.92 Å². The van der Waals surface area contributed by atoms with Crippen molar-refractivity contribution in [2.24, 2.45) is 5.92 Å². The molecule has 1 aliphatic carbocycles. The third kappa shape index (κ3) is 3.37. The standard InChI is InChI=1S/C19H25NO3S/c21-19(14-4-2-1-3-5-14)20-9-8-18(24-11-10-20)15-6-7-16-17(12-15)23-13-22-16/h6-7,12,14,18H,1-5,8-11,13H2. The molecular formula is C19H25NO3S. The summed E-state index contributed by atoms with van der Waals surface area (Å²) < 4.78 is 10.9. The molecule has 0 radical (unpaired) electrons. The van der Waals surface area contributed by atoms with Crippen LogP contribution in [-0.2, 0) is 4.79 Å². The van der Waals surface area contributed by atoms with Crippen LogP contribution in [0.4, 0.5) is 0 Å². The molecule has 4 rings (SSSR count). The molecule has 0 aromatic heterocycles. The van der Waals surface area contributed by atoms with Crippen molar-refractivity contribution in [3.05, 3.63) is 23.8 Å². The van der Waals surface area contributed by atoms with E-state index in [2.05, 4.69) is 17.0 Å². The van der Waals surface area contributed by atoms with Gasteiger partial charge >= 0.3 is 0 Å². The normalized spacial score (nSPS) is 24.7. The zero-order chi connectivity index (χ0) is 16.4. The lowest BCUT2D eigenvalue weighted by Gasteiger charge is -2.28. The summed E-state index contributed by atoms with van der Waals surface area (Å²) in [6.45, 7) is 2.09. The highest BCUT2D eigenvalue weighted by molar-refractivity contribution is 7.99. The molecule has 5 heteroatoms. The van der Waals surface area contributed by atoms with Crippen LogP contribution in [0.1, 0.15) is 49.3 Å². The molecule has 4 nitrogen and oxygen atoms in total. The maximum absolute atomic E-state index is 12.8. The van der Waals surface area contributed by atoms with E-state index in [-0.39, 0.29) is 5.92 Å². The van der Waals surface area contributed by atoms with Gasteiger partial charge in [-0.05, 0) is 37.0 Å². The molecule has 1 unspecified atom stereocenters. The number of amides is 1. The lowest BCUT2D eigenvalue weighted by atomic mass is 9.88. The second kappa shape index (κ2) is 7.26. The lowest BCUT2D eigenvalue weighted by Crippen LogP contribution is -2.38. The number of carbonyl (C=O) groups excluding carboxylic acids is 1. The first-order valence-corrected chi connectivity index (χ1v) is 10.2. The number of fused-ring (bicyclic) bond motifs is 1. The van der Waals surface area contributed by atoms with Gasteiger partial charge in [0.05, 0.1) is 0 Å². The van der Waals surface area contributed by atoms with Gasteiger partial charge in [-0.1, -0.05) is 25.3 Å². The molecule has 2 aliphatic heterocycles. The lowest BCUT2D eigenvalue weighted by molar-refractivity contribution is -0.136. The van der Waals surface area contributed by atoms with Crippen LogP contribution in [-0.4, -0.2) is 36.4 Å². The van der Waals surface area contributed by atoms with Gasteiger partial charge in [0.2, 0.25) is 12.7 Å². The van der Waals surface area contributed by atoms with Gasteiger partial charge in [-0.3, -0.25) is 4.79 Å². The number of rotatable bonds is 2. The molecule has 1 saturated heterocycles. The molecule has 3 aliphatic rings. The number of nitrogens with zero attached hydrogens (tertiary/aromatic N) is 1. The summed E-state index contributed by atoms with van der Waals surface area (Å²) in [6.07, 6.45) is 6.94. The molecule has 2 fully saturated rings. The maximum Gasteiger partial charge on any atom is 0.231 e. The second-order valence-corrected chi connectivity index (χ2v) is 8.23. The van der Waals surface area contributed by atoms with Gasteiger partial charge in [-0.15, -0.1) is 0 Å². The van der Waals surface area contributed by atoms with Gasteiger partial charge < -0.3 is 14.4 Å². The van der Waals surface area contributed by atoms with Gasteiger partial charge in [-0.25, -0.2) is 0 Å². The Morgan fingerprint density at radius 3 is 2.75 bits per heavy atom. The first-order chi connectivity index (χ1) is 11.8. The fraction of sp³-hybridized carbons (Fsp3) is 0.632. The molecule has 1 atom stereocenters. The first kappa shape index (κ1) is 16.1. The third-order valence-corrected chi connectivity index (χ3v) is 6.70. The Balaban J connectivity index is 1.40. The van der Waals surface area contributed by atoms with Crippen molar-refractivity contribution in [3.8, 4) is 11.5 Å². The van der Waals surface area contributed by atoms with Crippen LogP contribution >= 0.6 is 11.8 Å². The topological polar surface area (TPSA) is 38.8 Å². The smallest absolute Gasteiger partial charge is 0.231 e. The minimum atomic E-state index is 0.283. The SMILES string of the molecule is O=C(C1CCCCC1)N1CCSC(c2ccc3c(c2)OCO3)CC1. The first-order valence-electron chi connectivity index (χ1n) is 9.11. The molecule has 1 saturated carbocycles. The number of hydrogen-bond acceptors (Lipinski definition) is 4. The minimum absolute atomic E-state index is 0.283. The van der Waals surface area contributed by atoms with Crippen molar-refractivity contribution in [3.63, 3.8) is 0 Å². The van der Waals surface area contributed by atoms with E-state index in [1.807, 2.05) is 17.8 Å². The van der Waals surface area contributed by atoms with Crippen molar-refractivity contribution in [1.82, 2.24) is 4.90 Å². The summed E-state index contributed by atoms with van der Waals surface area (Å²) in [6, 6.07) is 6.26. The largest absolute Gasteiger partial charge is 0.454 e. The van der Waals surface area contributed by atoms with E-state index in [4.69, 9.17) is 9.47 Å².